The molecule has 4 heteroatoms. The molecule has 90 valence electrons. The number of carbonyl (C=O) groups is 1. The van der Waals surface area contributed by atoms with Crippen molar-refractivity contribution in [3.63, 3.8) is 0 Å². The minimum Gasteiger partial charge on any atom is -0.381 e. The average Bonchev–Trinajstić information content (AvgIpc) is 2.26. The van der Waals surface area contributed by atoms with Gasteiger partial charge in [-0.15, -0.1) is 0 Å². The molecule has 0 aromatic rings. The summed E-state index contributed by atoms with van der Waals surface area (Å²) >= 11 is 0. The van der Waals surface area contributed by atoms with Gasteiger partial charge in [0.05, 0.1) is 6.07 Å². The largest absolute Gasteiger partial charge is 0.381 e. The van der Waals surface area contributed by atoms with E-state index in [1.807, 2.05) is 13.8 Å². The number of ether oxygens (including phenoxy) is 1. The van der Waals surface area contributed by atoms with Crippen molar-refractivity contribution < 1.29 is 9.53 Å². The van der Waals surface area contributed by atoms with Crippen LogP contribution in [-0.4, -0.2) is 24.7 Å². The Morgan fingerprint density at radius 3 is 2.69 bits per heavy atom. The van der Waals surface area contributed by atoms with Crippen molar-refractivity contribution >= 4 is 5.91 Å². The molecule has 1 atom stereocenters. The maximum atomic E-state index is 11.9. The first-order chi connectivity index (χ1) is 7.61. The summed E-state index contributed by atoms with van der Waals surface area (Å²) in [6, 6.07) is 2.07. The van der Waals surface area contributed by atoms with Crippen molar-refractivity contribution in [2.75, 3.05) is 13.2 Å². The van der Waals surface area contributed by atoms with Gasteiger partial charge in [-0.25, -0.2) is 0 Å². The zero-order chi connectivity index (χ0) is 12.0. The van der Waals surface area contributed by atoms with Gasteiger partial charge in [0.2, 0.25) is 5.91 Å². The highest BCUT2D eigenvalue weighted by Gasteiger charge is 2.31. The Bertz CT molecular complexity index is 277. The van der Waals surface area contributed by atoms with Gasteiger partial charge in [-0.2, -0.15) is 5.26 Å². The molecule has 0 spiro atoms. The topological polar surface area (TPSA) is 62.1 Å². The molecule has 1 amide bonds. The van der Waals surface area contributed by atoms with E-state index in [-0.39, 0.29) is 11.4 Å². The summed E-state index contributed by atoms with van der Waals surface area (Å²) in [6.07, 6.45) is 3.13. The van der Waals surface area contributed by atoms with Gasteiger partial charge >= 0.3 is 0 Å². The SMILES string of the molecule is CCCC(C#N)C(=O)NC1(C)CCOCC1. The fraction of sp³-hybridized carbons (Fsp3) is 0.833. The van der Waals surface area contributed by atoms with Crippen LogP contribution in [0.2, 0.25) is 0 Å². The van der Waals surface area contributed by atoms with Crippen LogP contribution in [0.4, 0.5) is 0 Å². The van der Waals surface area contributed by atoms with Crippen LogP contribution in [0.3, 0.4) is 0 Å². The van der Waals surface area contributed by atoms with Gasteiger partial charge in [0.15, 0.2) is 0 Å². The second-order valence-electron chi connectivity index (χ2n) is 4.63. The predicted octanol–water partition coefficient (Wildman–Crippen LogP) is 1.61. The summed E-state index contributed by atoms with van der Waals surface area (Å²) in [5.74, 6) is -0.640. The minimum absolute atomic E-state index is 0.131. The van der Waals surface area contributed by atoms with Crippen LogP contribution in [0.5, 0.6) is 0 Å². The lowest BCUT2D eigenvalue weighted by molar-refractivity contribution is -0.126. The van der Waals surface area contributed by atoms with E-state index in [1.54, 1.807) is 0 Å². The van der Waals surface area contributed by atoms with E-state index in [1.165, 1.54) is 0 Å². The first kappa shape index (κ1) is 13.0. The lowest BCUT2D eigenvalue weighted by Crippen LogP contribution is -2.51. The molecule has 4 nitrogen and oxygen atoms in total. The van der Waals surface area contributed by atoms with Crippen molar-refractivity contribution in [2.24, 2.45) is 5.92 Å². The van der Waals surface area contributed by atoms with Gasteiger partial charge in [-0.1, -0.05) is 13.3 Å². The zero-order valence-electron chi connectivity index (χ0n) is 10.1. The highest BCUT2D eigenvalue weighted by atomic mass is 16.5. The highest BCUT2D eigenvalue weighted by molar-refractivity contribution is 5.81. The fourth-order valence-electron chi connectivity index (χ4n) is 1.87. The van der Waals surface area contributed by atoms with Gasteiger partial charge in [-0.3, -0.25) is 4.79 Å². The van der Waals surface area contributed by atoms with Crippen LogP contribution in [0.25, 0.3) is 0 Å². The van der Waals surface area contributed by atoms with Gasteiger partial charge < -0.3 is 10.1 Å². The van der Waals surface area contributed by atoms with E-state index in [0.29, 0.717) is 19.6 Å². The van der Waals surface area contributed by atoms with Crippen molar-refractivity contribution in [1.82, 2.24) is 5.32 Å². The number of nitrogens with one attached hydrogen (secondary N) is 1. The van der Waals surface area contributed by atoms with E-state index in [0.717, 1.165) is 19.3 Å². The third-order valence-corrected chi connectivity index (χ3v) is 3.07. The highest BCUT2D eigenvalue weighted by Crippen LogP contribution is 2.20. The Hall–Kier alpha value is -1.08. The average molecular weight is 224 g/mol. The molecule has 0 saturated carbocycles. The van der Waals surface area contributed by atoms with Crippen LogP contribution in [-0.2, 0) is 9.53 Å². The van der Waals surface area contributed by atoms with Crippen LogP contribution < -0.4 is 5.32 Å². The molecule has 1 aliphatic heterocycles. The van der Waals surface area contributed by atoms with E-state index in [9.17, 15) is 4.79 Å². The van der Waals surface area contributed by atoms with E-state index < -0.39 is 5.92 Å². The standard InChI is InChI=1S/C12H20N2O2/c1-3-4-10(9-13)11(15)14-12(2)5-7-16-8-6-12/h10H,3-8H2,1-2H3,(H,14,15). The summed E-state index contributed by atoms with van der Waals surface area (Å²) in [4.78, 5) is 11.9. The smallest absolute Gasteiger partial charge is 0.237 e. The van der Waals surface area contributed by atoms with Crippen molar-refractivity contribution in [3.05, 3.63) is 0 Å². The Balaban J connectivity index is 2.51. The van der Waals surface area contributed by atoms with Crippen molar-refractivity contribution in [3.8, 4) is 6.07 Å². The first-order valence-electron chi connectivity index (χ1n) is 5.90. The van der Waals surface area contributed by atoms with E-state index in [2.05, 4.69) is 11.4 Å². The Morgan fingerprint density at radius 1 is 1.56 bits per heavy atom. The third kappa shape index (κ3) is 3.49. The van der Waals surface area contributed by atoms with Gasteiger partial charge in [-0.05, 0) is 26.2 Å². The molecular weight excluding hydrogens is 204 g/mol. The Labute approximate surface area is 97.0 Å². The van der Waals surface area contributed by atoms with Crippen LogP contribution in [0, 0.1) is 17.2 Å². The van der Waals surface area contributed by atoms with E-state index in [4.69, 9.17) is 10.00 Å². The predicted molar refractivity (Wildman–Crippen MR) is 60.6 cm³/mol. The summed E-state index contributed by atoms with van der Waals surface area (Å²) in [6.45, 7) is 5.37. The Morgan fingerprint density at radius 2 is 2.19 bits per heavy atom. The fourth-order valence-corrected chi connectivity index (χ4v) is 1.87. The van der Waals surface area contributed by atoms with Crippen LogP contribution in [0.1, 0.15) is 39.5 Å². The second-order valence-corrected chi connectivity index (χ2v) is 4.63. The second kappa shape index (κ2) is 5.86. The number of rotatable bonds is 4. The molecule has 0 radical (unpaired) electrons. The third-order valence-electron chi connectivity index (χ3n) is 3.07. The number of nitrogens with zero attached hydrogens (tertiary/aromatic N) is 1. The molecule has 1 rings (SSSR count). The maximum Gasteiger partial charge on any atom is 0.237 e. The summed E-state index contributed by atoms with van der Waals surface area (Å²) in [7, 11) is 0. The van der Waals surface area contributed by atoms with Crippen LogP contribution >= 0.6 is 0 Å². The van der Waals surface area contributed by atoms with Gasteiger partial charge in [0, 0.05) is 18.8 Å². The molecule has 0 bridgehead atoms. The number of hydrogen-bond donors (Lipinski definition) is 1. The molecule has 1 unspecified atom stereocenters. The zero-order valence-corrected chi connectivity index (χ0v) is 10.1. The number of hydrogen-bond acceptors (Lipinski definition) is 3. The Kier molecular flexibility index (Phi) is 4.75. The molecule has 0 aliphatic carbocycles. The first-order valence-corrected chi connectivity index (χ1v) is 5.90. The molecule has 0 aromatic heterocycles. The van der Waals surface area contributed by atoms with Gasteiger partial charge in [0.1, 0.15) is 5.92 Å². The normalized spacial score (nSPS) is 20.8. The lowest BCUT2D eigenvalue weighted by atomic mass is 9.91. The maximum absolute atomic E-state index is 11.9. The summed E-state index contributed by atoms with van der Waals surface area (Å²) in [5, 5.41) is 11.9. The quantitative estimate of drug-likeness (QED) is 0.789. The molecule has 1 heterocycles. The molecule has 1 aliphatic rings. The van der Waals surface area contributed by atoms with Crippen LogP contribution in [0.15, 0.2) is 0 Å². The molecule has 1 N–H and O–H groups in total. The van der Waals surface area contributed by atoms with Gasteiger partial charge in [0.25, 0.3) is 0 Å². The number of carbonyl (C=O) groups excluding carboxylic acids is 1. The lowest BCUT2D eigenvalue weighted by Gasteiger charge is -2.35. The summed E-state index contributed by atoms with van der Waals surface area (Å²) < 4.78 is 5.26. The summed E-state index contributed by atoms with van der Waals surface area (Å²) in [5.41, 5.74) is -0.196. The molecule has 16 heavy (non-hydrogen) atoms. The number of amides is 1. The van der Waals surface area contributed by atoms with Crippen molar-refractivity contribution in [1.29, 1.82) is 5.26 Å². The molecule has 0 aromatic carbocycles. The minimum atomic E-state index is -0.510. The molecule has 1 fully saturated rings. The van der Waals surface area contributed by atoms with Crippen molar-refractivity contribution in [2.45, 2.75) is 45.1 Å². The molecular formula is C12H20N2O2. The van der Waals surface area contributed by atoms with E-state index >= 15 is 0 Å². The number of nitriles is 1. The molecule has 1 saturated heterocycles. The monoisotopic (exact) mass is 224 g/mol.